The highest BCUT2D eigenvalue weighted by Gasteiger charge is 2.15. The molecule has 2 N–H and O–H groups in total. The third-order valence-corrected chi connectivity index (χ3v) is 3.86. The van der Waals surface area contributed by atoms with Gasteiger partial charge in [-0.1, -0.05) is 43.5 Å². The van der Waals surface area contributed by atoms with Crippen LogP contribution < -0.4 is 5.73 Å². The minimum Gasteiger partial charge on any atom is -0.366 e. The second-order valence-electron chi connectivity index (χ2n) is 5.16. The van der Waals surface area contributed by atoms with E-state index >= 15 is 0 Å². The third kappa shape index (κ3) is 2.72. The van der Waals surface area contributed by atoms with Gasteiger partial charge in [-0.3, -0.25) is 0 Å². The Morgan fingerprint density at radius 2 is 1.74 bits per heavy atom. The molecule has 0 saturated heterocycles. The highest BCUT2D eigenvalue weighted by molar-refractivity contribution is 5.59. The molecule has 3 rings (SSSR count). The molecule has 0 radical (unpaired) electrons. The molecule has 98 valence electrons. The van der Waals surface area contributed by atoms with Crippen molar-refractivity contribution in [2.75, 3.05) is 5.73 Å². The van der Waals surface area contributed by atoms with E-state index in [-0.39, 0.29) is 5.95 Å². The first kappa shape index (κ1) is 12.1. The van der Waals surface area contributed by atoms with Crippen molar-refractivity contribution in [1.82, 2.24) is 15.2 Å². The number of nitrogens with two attached hydrogens (primary N) is 1. The van der Waals surface area contributed by atoms with Gasteiger partial charge in [0.2, 0.25) is 5.95 Å². The minimum atomic E-state index is 0.217. The number of hydrogen-bond donors (Lipinski definition) is 1. The molecule has 1 aliphatic rings. The highest BCUT2D eigenvalue weighted by Crippen LogP contribution is 2.33. The molecule has 0 unspecified atom stereocenters. The van der Waals surface area contributed by atoms with Crippen LogP contribution >= 0.6 is 0 Å². The molecule has 0 aliphatic heterocycles. The van der Waals surface area contributed by atoms with Crippen molar-refractivity contribution in [2.24, 2.45) is 0 Å². The number of benzene rings is 1. The number of rotatable bonds is 2. The van der Waals surface area contributed by atoms with Gasteiger partial charge in [-0.25, -0.2) is 4.98 Å². The van der Waals surface area contributed by atoms with E-state index < -0.39 is 0 Å². The maximum Gasteiger partial charge on any atom is 0.240 e. The summed E-state index contributed by atoms with van der Waals surface area (Å²) in [6, 6.07) is 8.63. The Hall–Kier alpha value is -1.97. The van der Waals surface area contributed by atoms with Crippen LogP contribution in [0.5, 0.6) is 0 Å². The number of hydrogen-bond acceptors (Lipinski definition) is 4. The third-order valence-electron chi connectivity index (χ3n) is 3.86. The van der Waals surface area contributed by atoms with Gasteiger partial charge in [0.1, 0.15) is 0 Å². The molecule has 0 atom stereocenters. The normalized spacial score (nSPS) is 16.4. The van der Waals surface area contributed by atoms with E-state index in [4.69, 9.17) is 5.73 Å². The van der Waals surface area contributed by atoms with E-state index in [0.717, 1.165) is 17.2 Å². The van der Waals surface area contributed by atoms with Crippen LogP contribution in [0.3, 0.4) is 0 Å². The summed E-state index contributed by atoms with van der Waals surface area (Å²) in [4.78, 5) is 4.19. The molecular weight excluding hydrogens is 236 g/mol. The fraction of sp³-hybridized carbons (Fsp3) is 0.400. The van der Waals surface area contributed by atoms with Crippen molar-refractivity contribution in [3.8, 4) is 11.3 Å². The lowest BCUT2D eigenvalue weighted by Crippen LogP contribution is -2.04. The lowest BCUT2D eigenvalue weighted by atomic mass is 9.84. The van der Waals surface area contributed by atoms with Crippen LogP contribution in [0.25, 0.3) is 11.3 Å². The number of anilines is 1. The number of nitrogen functional groups attached to an aromatic ring is 1. The summed E-state index contributed by atoms with van der Waals surface area (Å²) in [6.45, 7) is 0. The second-order valence-corrected chi connectivity index (χ2v) is 5.16. The first-order valence-electron chi connectivity index (χ1n) is 6.88. The Kier molecular flexibility index (Phi) is 3.40. The zero-order valence-electron chi connectivity index (χ0n) is 10.9. The smallest absolute Gasteiger partial charge is 0.240 e. The van der Waals surface area contributed by atoms with Gasteiger partial charge in [0, 0.05) is 5.56 Å². The van der Waals surface area contributed by atoms with Gasteiger partial charge in [0.05, 0.1) is 11.9 Å². The summed E-state index contributed by atoms with van der Waals surface area (Å²) in [5.41, 5.74) is 8.82. The lowest BCUT2D eigenvalue weighted by molar-refractivity contribution is 0.443. The van der Waals surface area contributed by atoms with Gasteiger partial charge in [-0.2, -0.15) is 5.10 Å². The van der Waals surface area contributed by atoms with Gasteiger partial charge in [0.15, 0.2) is 0 Å². The van der Waals surface area contributed by atoms with E-state index in [1.807, 2.05) is 0 Å². The Bertz CT molecular complexity index is 544. The van der Waals surface area contributed by atoms with Gasteiger partial charge in [0.25, 0.3) is 0 Å². The maximum absolute atomic E-state index is 5.56. The van der Waals surface area contributed by atoms with E-state index in [9.17, 15) is 0 Å². The van der Waals surface area contributed by atoms with Crippen molar-refractivity contribution in [1.29, 1.82) is 0 Å². The Morgan fingerprint density at radius 1 is 1.00 bits per heavy atom. The summed E-state index contributed by atoms with van der Waals surface area (Å²) in [5.74, 6) is 0.949. The Balaban J connectivity index is 1.82. The van der Waals surface area contributed by atoms with Gasteiger partial charge >= 0.3 is 0 Å². The van der Waals surface area contributed by atoms with Gasteiger partial charge < -0.3 is 5.73 Å². The molecule has 0 spiro atoms. The van der Waals surface area contributed by atoms with Crippen molar-refractivity contribution < 1.29 is 0 Å². The summed E-state index contributed by atoms with van der Waals surface area (Å²) in [5, 5.41) is 7.51. The Morgan fingerprint density at radius 3 is 2.42 bits per heavy atom. The SMILES string of the molecule is Nc1nncc(-c2ccc(C3CCCCC3)cc2)n1. The molecule has 0 bridgehead atoms. The van der Waals surface area contributed by atoms with Crippen molar-refractivity contribution in [2.45, 2.75) is 38.0 Å². The molecule has 4 nitrogen and oxygen atoms in total. The van der Waals surface area contributed by atoms with E-state index in [1.54, 1.807) is 6.20 Å². The van der Waals surface area contributed by atoms with Crippen molar-refractivity contribution >= 4 is 5.95 Å². The molecule has 1 aromatic heterocycles. The number of aromatic nitrogens is 3. The predicted octanol–water partition coefficient (Wildman–Crippen LogP) is 3.17. The monoisotopic (exact) mass is 254 g/mol. The zero-order chi connectivity index (χ0) is 13.1. The van der Waals surface area contributed by atoms with Crippen molar-refractivity contribution in [3.63, 3.8) is 0 Å². The van der Waals surface area contributed by atoms with Crippen LogP contribution in [0, 0.1) is 0 Å². The van der Waals surface area contributed by atoms with E-state index in [2.05, 4.69) is 39.4 Å². The fourth-order valence-electron chi connectivity index (χ4n) is 2.82. The minimum absolute atomic E-state index is 0.217. The molecular formula is C15H18N4. The van der Waals surface area contributed by atoms with E-state index in [0.29, 0.717) is 0 Å². The lowest BCUT2D eigenvalue weighted by Gasteiger charge is -2.22. The molecule has 2 aromatic rings. The topological polar surface area (TPSA) is 64.7 Å². The molecule has 19 heavy (non-hydrogen) atoms. The second kappa shape index (κ2) is 5.34. The van der Waals surface area contributed by atoms with Crippen LogP contribution in [-0.2, 0) is 0 Å². The Labute approximate surface area is 113 Å². The van der Waals surface area contributed by atoms with Crippen LogP contribution in [-0.4, -0.2) is 15.2 Å². The standard InChI is InChI=1S/C15H18N4/c16-15-18-14(10-17-19-15)13-8-6-12(7-9-13)11-4-2-1-3-5-11/h6-11H,1-5H2,(H2,16,18,19). The predicted molar refractivity (Wildman–Crippen MR) is 75.5 cm³/mol. The molecule has 1 aliphatic carbocycles. The quantitative estimate of drug-likeness (QED) is 0.894. The summed E-state index contributed by atoms with van der Waals surface area (Å²) in [6.07, 6.45) is 8.40. The largest absolute Gasteiger partial charge is 0.366 e. The molecule has 1 heterocycles. The zero-order valence-corrected chi connectivity index (χ0v) is 10.9. The first-order chi connectivity index (χ1) is 9.33. The average molecular weight is 254 g/mol. The summed E-state index contributed by atoms with van der Waals surface area (Å²) in [7, 11) is 0. The summed E-state index contributed by atoms with van der Waals surface area (Å²) >= 11 is 0. The molecule has 1 saturated carbocycles. The van der Waals surface area contributed by atoms with Crippen LogP contribution in [0.1, 0.15) is 43.6 Å². The van der Waals surface area contributed by atoms with Crippen LogP contribution in [0.15, 0.2) is 30.5 Å². The van der Waals surface area contributed by atoms with Crippen LogP contribution in [0.2, 0.25) is 0 Å². The maximum atomic E-state index is 5.56. The molecule has 0 amide bonds. The molecule has 1 aromatic carbocycles. The highest BCUT2D eigenvalue weighted by atomic mass is 15.2. The van der Waals surface area contributed by atoms with Crippen molar-refractivity contribution in [3.05, 3.63) is 36.0 Å². The summed E-state index contributed by atoms with van der Waals surface area (Å²) < 4.78 is 0. The average Bonchev–Trinajstić information content (AvgIpc) is 2.48. The molecule has 1 fully saturated rings. The number of nitrogens with zero attached hydrogens (tertiary/aromatic N) is 3. The molecule has 4 heteroatoms. The van der Waals surface area contributed by atoms with Gasteiger partial charge in [-0.15, -0.1) is 5.10 Å². The fourth-order valence-corrected chi connectivity index (χ4v) is 2.82. The van der Waals surface area contributed by atoms with E-state index in [1.165, 1.54) is 37.7 Å². The van der Waals surface area contributed by atoms with Crippen LogP contribution in [0.4, 0.5) is 5.95 Å². The first-order valence-corrected chi connectivity index (χ1v) is 6.88. The van der Waals surface area contributed by atoms with Gasteiger partial charge in [-0.05, 0) is 24.3 Å².